The van der Waals surface area contributed by atoms with E-state index in [1.807, 2.05) is 18.4 Å². The van der Waals surface area contributed by atoms with Gasteiger partial charge in [-0.05, 0) is 41.6 Å². The molecular weight excluding hydrogens is 260 g/mol. The van der Waals surface area contributed by atoms with E-state index in [-0.39, 0.29) is 18.1 Å². The number of aromatic hydroxyl groups is 1. The molecule has 0 radical (unpaired) electrons. The average Bonchev–Trinajstić information content (AvgIpc) is 2.78. The first kappa shape index (κ1) is 13.3. The van der Waals surface area contributed by atoms with E-state index in [1.165, 1.54) is 0 Å². The van der Waals surface area contributed by atoms with Crippen molar-refractivity contribution in [1.82, 2.24) is 5.43 Å². The molecular formula is C14H14N2O2S. The van der Waals surface area contributed by atoms with Crippen LogP contribution in [0.25, 0.3) is 0 Å². The molecule has 2 aromatic rings. The fraction of sp³-hybridized carbons (Fsp3) is 0.143. The number of benzene rings is 1. The molecule has 1 aromatic heterocycles. The van der Waals surface area contributed by atoms with Crippen LogP contribution < -0.4 is 5.43 Å². The zero-order valence-corrected chi connectivity index (χ0v) is 11.3. The Morgan fingerprint density at radius 2 is 2.11 bits per heavy atom. The van der Waals surface area contributed by atoms with Gasteiger partial charge in [0.25, 0.3) is 0 Å². The molecule has 2 rings (SSSR count). The Morgan fingerprint density at radius 3 is 2.74 bits per heavy atom. The minimum Gasteiger partial charge on any atom is -0.508 e. The fourth-order valence-corrected chi connectivity index (χ4v) is 2.30. The number of nitrogens with zero attached hydrogens (tertiary/aromatic N) is 1. The number of nitrogens with one attached hydrogen (secondary N) is 1. The first-order valence-electron chi connectivity index (χ1n) is 5.79. The predicted molar refractivity (Wildman–Crippen MR) is 76.6 cm³/mol. The van der Waals surface area contributed by atoms with Gasteiger partial charge in [-0.3, -0.25) is 4.79 Å². The topological polar surface area (TPSA) is 61.7 Å². The highest BCUT2D eigenvalue weighted by Gasteiger charge is 2.02. The van der Waals surface area contributed by atoms with E-state index in [0.717, 1.165) is 16.0 Å². The lowest BCUT2D eigenvalue weighted by atomic mass is 10.1. The first-order chi connectivity index (χ1) is 9.15. The lowest BCUT2D eigenvalue weighted by molar-refractivity contribution is -0.120. The van der Waals surface area contributed by atoms with Crippen molar-refractivity contribution in [1.29, 1.82) is 0 Å². The Morgan fingerprint density at radius 1 is 1.37 bits per heavy atom. The van der Waals surface area contributed by atoms with Gasteiger partial charge in [0.05, 0.1) is 12.6 Å². The number of aryl methyl sites for hydroxylation is 1. The third kappa shape index (κ3) is 3.93. The van der Waals surface area contributed by atoms with E-state index in [9.17, 15) is 4.79 Å². The molecule has 0 aliphatic carbocycles. The van der Waals surface area contributed by atoms with Crippen LogP contribution in [0, 0.1) is 6.92 Å². The van der Waals surface area contributed by atoms with Crippen LogP contribution in [0.1, 0.15) is 16.0 Å². The van der Waals surface area contributed by atoms with E-state index in [4.69, 9.17) is 5.11 Å². The van der Waals surface area contributed by atoms with Crippen molar-refractivity contribution in [3.05, 3.63) is 51.7 Å². The summed E-state index contributed by atoms with van der Waals surface area (Å²) in [4.78, 5) is 12.7. The van der Waals surface area contributed by atoms with Gasteiger partial charge in [0.1, 0.15) is 5.75 Å². The number of amides is 1. The molecule has 0 saturated heterocycles. The van der Waals surface area contributed by atoms with Crippen molar-refractivity contribution >= 4 is 23.5 Å². The average molecular weight is 274 g/mol. The number of rotatable bonds is 4. The van der Waals surface area contributed by atoms with Crippen LogP contribution in [0.2, 0.25) is 0 Å². The quantitative estimate of drug-likeness (QED) is 0.664. The van der Waals surface area contributed by atoms with Gasteiger partial charge in [-0.25, -0.2) is 5.43 Å². The standard InChI is InChI=1S/C14H14N2O2S/c1-10-6-7-19-13(10)9-15-16-14(18)8-11-2-4-12(17)5-3-11/h2-7,9,17H,8H2,1H3,(H,16,18)/b15-9-. The van der Waals surface area contributed by atoms with Crippen LogP contribution >= 0.6 is 11.3 Å². The normalized spacial score (nSPS) is 10.8. The second-order valence-electron chi connectivity index (χ2n) is 4.10. The highest BCUT2D eigenvalue weighted by Crippen LogP contribution is 2.12. The van der Waals surface area contributed by atoms with Gasteiger partial charge in [-0.1, -0.05) is 12.1 Å². The highest BCUT2D eigenvalue weighted by molar-refractivity contribution is 7.11. The molecule has 1 aromatic carbocycles. The SMILES string of the molecule is Cc1ccsc1/C=N\NC(=O)Cc1ccc(O)cc1. The molecule has 0 atom stereocenters. The van der Waals surface area contributed by atoms with E-state index in [2.05, 4.69) is 10.5 Å². The van der Waals surface area contributed by atoms with Gasteiger partial charge in [0.2, 0.25) is 5.91 Å². The van der Waals surface area contributed by atoms with Gasteiger partial charge in [-0.15, -0.1) is 11.3 Å². The molecule has 0 saturated carbocycles. The molecule has 98 valence electrons. The molecule has 5 heteroatoms. The van der Waals surface area contributed by atoms with Crippen molar-refractivity contribution in [3.63, 3.8) is 0 Å². The lowest BCUT2D eigenvalue weighted by Crippen LogP contribution is -2.19. The Hall–Kier alpha value is -2.14. The van der Waals surface area contributed by atoms with Crippen LogP contribution in [-0.4, -0.2) is 17.2 Å². The number of carbonyl (C=O) groups excluding carboxylic acids is 1. The van der Waals surface area contributed by atoms with Gasteiger partial charge >= 0.3 is 0 Å². The minimum atomic E-state index is -0.184. The fourth-order valence-electron chi connectivity index (χ4n) is 1.52. The molecule has 2 N–H and O–H groups in total. The van der Waals surface area contributed by atoms with E-state index >= 15 is 0 Å². The number of hydrazone groups is 1. The van der Waals surface area contributed by atoms with E-state index in [1.54, 1.807) is 41.8 Å². The molecule has 0 fully saturated rings. The molecule has 4 nitrogen and oxygen atoms in total. The van der Waals surface area contributed by atoms with Crippen molar-refractivity contribution in [2.45, 2.75) is 13.3 Å². The maximum atomic E-state index is 11.6. The molecule has 1 amide bonds. The summed E-state index contributed by atoms with van der Waals surface area (Å²) in [5.74, 6) is 0.00602. The highest BCUT2D eigenvalue weighted by atomic mass is 32.1. The van der Waals surface area contributed by atoms with Crippen LogP contribution in [0.5, 0.6) is 5.75 Å². The number of phenols is 1. The molecule has 1 heterocycles. The van der Waals surface area contributed by atoms with Gasteiger partial charge in [-0.2, -0.15) is 5.10 Å². The largest absolute Gasteiger partial charge is 0.508 e. The second-order valence-corrected chi connectivity index (χ2v) is 5.05. The zero-order valence-electron chi connectivity index (χ0n) is 10.5. The number of phenolic OH excluding ortho intramolecular Hbond substituents is 1. The Kier molecular flexibility index (Phi) is 4.30. The predicted octanol–water partition coefficient (Wildman–Crippen LogP) is 2.45. The molecule has 0 unspecified atom stereocenters. The Labute approximate surface area is 115 Å². The smallest absolute Gasteiger partial charge is 0.244 e. The summed E-state index contributed by atoms with van der Waals surface area (Å²) < 4.78 is 0. The second kappa shape index (κ2) is 6.15. The van der Waals surface area contributed by atoms with Crippen molar-refractivity contribution in [2.24, 2.45) is 5.10 Å². The minimum absolute atomic E-state index is 0.184. The summed E-state index contributed by atoms with van der Waals surface area (Å²) in [5.41, 5.74) is 4.46. The summed E-state index contributed by atoms with van der Waals surface area (Å²) in [7, 11) is 0. The van der Waals surface area contributed by atoms with Gasteiger partial charge < -0.3 is 5.11 Å². The Balaban J connectivity index is 1.86. The summed E-state index contributed by atoms with van der Waals surface area (Å²) in [6, 6.07) is 8.54. The van der Waals surface area contributed by atoms with Crippen LogP contribution in [0.4, 0.5) is 0 Å². The maximum absolute atomic E-state index is 11.6. The van der Waals surface area contributed by atoms with Crippen LogP contribution in [0.3, 0.4) is 0 Å². The van der Waals surface area contributed by atoms with Gasteiger partial charge in [0, 0.05) is 4.88 Å². The van der Waals surface area contributed by atoms with Crippen molar-refractivity contribution < 1.29 is 9.90 Å². The molecule has 19 heavy (non-hydrogen) atoms. The van der Waals surface area contributed by atoms with Crippen LogP contribution in [0.15, 0.2) is 40.8 Å². The molecule has 0 bridgehead atoms. The molecule has 0 aliphatic rings. The van der Waals surface area contributed by atoms with Crippen molar-refractivity contribution in [2.75, 3.05) is 0 Å². The maximum Gasteiger partial charge on any atom is 0.244 e. The van der Waals surface area contributed by atoms with Gasteiger partial charge in [0.15, 0.2) is 0 Å². The third-order valence-electron chi connectivity index (χ3n) is 2.57. The number of hydrogen-bond acceptors (Lipinski definition) is 4. The monoisotopic (exact) mass is 274 g/mol. The first-order valence-corrected chi connectivity index (χ1v) is 6.67. The summed E-state index contributed by atoms with van der Waals surface area (Å²) >= 11 is 1.58. The number of hydrogen-bond donors (Lipinski definition) is 2. The summed E-state index contributed by atoms with van der Waals surface area (Å²) in [6.07, 6.45) is 1.88. The lowest BCUT2D eigenvalue weighted by Gasteiger charge is -2.00. The third-order valence-corrected chi connectivity index (χ3v) is 3.53. The van der Waals surface area contributed by atoms with Crippen LogP contribution in [-0.2, 0) is 11.2 Å². The van der Waals surface area contributed by atoms with E-state index < -0.39 is 0 Å². The molecule has 0 aliphatic heterocycles. The molecule has 0 spiro atoms. The number of carbonyl (C=O) groups is 1. The van der Waals surface area contributed by atoms with E-state index in [0.29, 0.717) is 0 Å². The summed E-state index contributed by atoms with van der Waals surface area (Å²) in [5, 5.41) is 15.0. The number of thiophene rings is 1. The zero-order chi connectivity index (χ0) is 13.7. The Bertz CT molecular complexity index is 588. The van der Waals surface area contributed by atoms with Crippen molar-refractivity contribution in [3.8, 4) is 5.75 Å². The summed E-state index contributed by atoms with van der Waals surface area (Å²) in [6.45, 7) is 2.00.